The van der Waals surface area contributed by atoms with Crippen LogP contribution in [0.15, 0.2) is 6.07 Å². The van der Waals surface area contributed by atoms with Gasteiger partial charge in [-0.25, -0.2) is 4.68 Å². The van der Waals surface area contributed by atoms with E-state index in [4.69, 9.17) is 0 Å². The van der Waals surface area contributed by atoms with Crippen molar-refractivity contribution in [2.24, 2.45) is 7.05 Å². The second-order valence-corrected chi connectivity index (χ2v) is 1.61. The van der Waals surface area contributed by atoms with Crippen LogP contribution < -0.4 is 4.74 Å². The van der Waals surface area contributed by atoms with E-state index in [2.05, 4.69) is 16.0 Å². The van der Waals surface area contributed by atoms with Crippen LogP contribution in [0.4, 0.5) is 8.78 Å². The van der Waals surface area contributed by atoms with Gasteiger partial charge in [-0.2, -0.15) is 13.9 Å². The summed E-state index contributed by atoms with van der Waals surface area (Å²) in [6, 6.07) is 1.24. The Morgan fingerprint density at radius 3 is 2.90 bits per heavy atom. The number of ether oxygens (including phenoxy) is 1. The summed E-state index contributed by atoms with van der Waals surface area (Å²) in [5.74, 6) is 0.00926. The molecule has 0 bridgehead atoms. The third-order valence-electron chi connectivity index (χ3n) is 0.925. The minimum atomic E-state index is -2.80. The summed E-state index contributed by atoms with van der Waals surface area (Å²) in [5.41, 5.74) is 0. The monoisotopic (exact) mass is 147 g/mol. The zero-order valence-corrected chi connectivity index (χ0v) is 5.21. The summed E-state index contributed by atoms with van der Waals surface area (Å²) in [5, 5.41) is 3.50. The molecule has 0 unspecified atom stereocenters. The maximum atomic E-state index is 11.5. The quantitative estimate of drug-likeness (QED) is 0.619. The normalized spacial score (nSPS) is 10.4. The average Bonchev–Trinajstić information content (AvgIpc) is 2.15. The second-order valence-electron chi connectivity index (χ2n) is 1.61. The van der Waals surface area contributed by atoms with Gasteiger partial charge in [0.2, 0.25) is 5.88 Å². The molecule has 55 valence electrons. The van der Waals surface area contributed by atoms with Gasteiger partial charge in [-0.05, 0) is 0 Å². The van der Waals surface area contributed by atoms with Gasteiger partial charge in [-0.1, -0.05) is 0 Å². The Kier molecular flexibility index (Phi) is 1.84. The molecule has 0 amide bonds. The van der Waals surface area contributed by atoms with Gasteiger partial charge in [-0.15, -0.1) is 0 Å². The van der Waals surface area contributed by atoms with Gasteiger partial charge >= 0.3 is 6.61 Å². The van der Waals surface area contributed by atoms with Gasteiger partial charge in [0, 0.05) is 13.1 Å². The fourth-order valence-electron chi connectivity index (χ4n) is 0.515. The highest BCUT2D eigenvalue weighted by atomic mass is 19.3. The maximum Gasteiger partial charge on any atom is 0.388 e. The molecule has 1 heterocycles. The Bertz CT molecular complexity index is 211. The van der Waals surface area contributed by atoms with Crippen molar-refractivity contribution in [1.82, 2.24) is 9.78 Å². The number of hydrogen-bond acceptors (Lipinski definition) is 2. The predicted molar refractivity (Wildman–Crippen MR) is 28.7 cm³/mol. The maximum absolute atomic E-state index is 11.5. The SMILES string of the molecule is Cn1n[c]cc1OC(F)F. The lowest BCUT2D eigenvalue weighted by Gasteiger charge is -2.01. The Morgan fingerprint density at radius 1 is 1.80 bits per heavy atom. The molecule has 5 heteroatoms. The lowest BCUT2D eigenvalue weighted by Crippen LogP contribution is -2.05. The summed E-state index contributed by atoms with van der Waals surface area (Å²) in [6.45, 7) is -2.80. The van der Waals surface area contributed by atoms with Crippen molar-refractivity contribution in [2.75, 3.05) is 0 Å². The van der Waals surface area contributed by atoms with Gasteiger partial charge in [0.15, 0.2) is 0 Å². The summed E-state index contributed by atoms with van der Waals surface area (Å²) in [4.78, 5) is 0. The number of alkyl halides is 2. The van der Waals surface area contributed by atoms with Gasteiger partial charge in [-0.3, -0.25) is 0 Å². The van der Waals surface area contributed by atoms with E-state index in [0.717, 1.165) is 0 Å². The van der Waals surface area contributed by atoms with E-state index in [-0.39, 0.29) is 5.88 Å². The summed E-state index contributed by atoms with van der Waals surface area (Å²) < 4.78 is 28.2. The Morgan fingerprint density at radius 2 is 2.50 bits per heavy atom. The van der Waals surface area contributed by atoms with Gasteiger partial charge < -0.3 is 4.74 Å². The van der Waals surface area contributed by atoms with E-state index in [1.165, 1.54) is 17.8 Å². The smallest absolute Gasteiger partial charge is 0.388 e. The fourth-order valence-corrected chi connectivity index (χ4v) is 0.515. The molecule has 0 aromatic carbocycles. The average molecular weight is 147 g/mol. The Labute approximate surface area is 56.2 Å². The van der Waals surface area contributed by atoms with Gasteiger partial charge in [0.1, 0.15) is 6.20 Å². The number of halogens is 2. The summed E-state index contributed by atoms with van der Waals surface area (Å²) in [7, 11) is 1.49. The third-order valence-corrected chi connectivity index (χ3v) is 0.925. The third kappa shape index (κ3) is 1.43. The molecule has 0 aliphatic carbocycles. The number of rotatable bonds is 2. The van der Waals surface area contributed by atoms with Crippen LogP contribution >= 0.6 is 0 Å². The molecule has 0 saturated carbocycles. The largest absolute Gasteiger partial charge is 0.417 e. The highest BCUT2D eigenvalue weighted by Gasteiger charge is 2.06. The van der Waals surface area contributed by atoms with Gasteiger partial charge in [0.05, 0.1) is 0 Å². The molecule has 0 fully saturated rings. The number of aromatic nitrogens is 2. The lowest BCUT2D eigenvalue weighted by atomic mass is 10.7. The van der Waals surface area contributed by atoms with E-state index in [1.807, 2.05) is 0 Å². The Balaban J connectivity index is 2.65. The van der Waals surface area contributed by atoms with E-state index >= 15 is 0 Å². The molecule has 0 aliphatic heterocycles. The van der Waals surface area contributed by atoms with Crippen molar-refractivity contribution in [3.05, 3.63) is 12.3 Å². The predicted octanol–water partition coefficient (Wildman–Crippen LogP) is 0.822. The first-order valence-electron chi connectivity index (χ1n) is 2.55. The molecule has 3 nitrogen and oxygen atoms in total. The van der Waals surface area contributed by atoms with Crippen LogP contribution in [0.25, 0.3) is 0 Å². The van der Waals surface area contributed by atoms with Gasteiger partial charge in [0.25, 0.3) is 0 Å². The zero-order chi connectivity index (χ0) is 7.56. The number of aryl methyl sites for hydroxylation is 1. The molecular weight excluding hydrogens is 142 g/mol. The fraction of sp³-hybridized carbons (Fsp3) is 0.400. The highest BCUT2D eigenvalue weighted by Crippen LogP contribution is 2.09. The van der Waals surface area contributed by atoms with E-state index in [9.17, 15) is 8.78 Å². The van der Waals surface area contributed by atoms with Crippen LogP contribution in [-0.2, 0) is 7.05 Å². The molecular formula is C5H5F2N2O. The summed E-state index contributed by atoms with van der Waals surface area (Å²) >= 11 is 0. The molecule has 0 atom stereocenters. The minimum Gasteiger partial charge on any atom is -0.417 e. The lowest BCUT2D eigenvalue weighted by molar-refractivity contribution is -0.0553. The first-order valence-corrected chi connectivity index (χ1v) is 2.55. The minimum absolute atomic E-state index is 0.00926. The van der Waals surface area contributed by atoms with Crippen molar-refractivity contribution in [3.63, 3.8) is 0 Å². The van der Waals surface area contributed by atoms with Crippen LogP contribution in [0, 0.1) is 6.20 Å². The molecule has 1 aromatic rings. The molecule has 10 heavy (non-hydrogen) atoms. The molecule has 1 aromatic heterocycles. The zero-order valence-electron chi connectivity index (χ0n) is 5.21. The first kappa shape index (κ1) is 6.98. The van der Waals surface area contributed by atoms with Crippen molar-refractivity contribution in [2.45, 2.75) is 6.61 Å². The van der Waals surface area contributed by atoms with E-state index in [1.54, 1.807) is 0 Å². The van der Waals surface area contributed by atoms with Crippen molar-refractivity contribution >= 4 is 0 Å². The van der Waals surface area contributed by atoms with Crippen LogP contribution in [0.5, 0.6) is 5.88 Å². The van der Waals surface area contributed by atoms with E-state index < -0.39 is 6.61 Å². The molecule has 0 spiro atoms. The Hall–Kier alpha value is -1.13. The summed E-state index contributed by atoms with van der Waals surface area (Å²) in [6.07, 6.45) is 2.36. The van der Waals surface area contributed by atoms with Crippen LogP contribution in [-0.4, -0.2) is 16.4 Å². The van der Waals surface area contributed by atoms with Crippen molar-refractivity contribution < 1.29 is 13.5 Å². The standard InChI is InChI=1S/C5H5F2N2O/c1-9-4(2-3-8-9)10-5(6)7/h2,5H,1H3. The van der Waals surface area contributed by atoms with Crippen LogP contribution in [0.1, 0.15) is 0 Å². The number of nitrogens with zero attached hydrogens (tertiary/aromatic N) is 2. The molecule has 0 aliphatic rings. The topological polar surface area (TPSA) is 27.1 Å². The highest BCUT2D eigenvalue weighted by molar-refractivity contribution is 5.05. The van der Waals surface area contributed by atoms with Crippen LogP contribution in [0.3, 0.4) is 0 Å². The molecule has 1 radical (unpaired) electrons. The van der Waals surface area contributed by atoms with Crippen molar-refractivity contribution in [1.29, 1.82) is 0 Å². The molecule has 0 saturated heterocycles. The van der Waals surface area contributed by atoms with E-state index in [0.29, 0.717) is 0 Å². The van der Waals surface area contributed by atoms with Crippen LogP contribution in [0.2, 0.25) is 0 Å². The van der Waals surface area contributed by atoms with Crippen molar-refractivity contribution in [3.8, 4) is 5.88 Å². The molecule has 0 N–H and O–H groups in total. The number of hydrogen-bond donors (Lipinski definition) is 0. The first-order chi connectivity index (χ1) is 4.70. The molecule has 1 rings (SSSR count). The second kappa shape index (κ2) is 2.64.